The molecule has 0 radical (unpaired) electrons. The maximum Gasteiger partial charge on any atom is -0.0000122 e. The van der Waals surface area contributed by atoms with E-state index in [1.807, 2.05) is 0 Å². The summed E-state index contributed by atoms with van der Waals surface area (Å²) < 4.78 is 0. The monoisotopic (exact) mass is 185 g/mol. The first-order valence-corrected chi connectivity index (χ1v) is 5.47. The van der Waals surface area contributed by atoms with E-state index in [0.29, 0.717) is 10.8 Å². The first-order chi connectivity index (χ1) is 5.77. The van der Waals surface area contributed by atoms with Gasteiger partial charge >= 0.3 is 0 Å². The molecule has 0 aromatic rings. The first-order valence-electron chi connectivity index (χ1n) is 5.47. The van der Waals surface area contributed by atoms with Gasteiger partial charge in [-0.1, -0.05) is 48.0 Å². The molecule has 0 atom stereocenters. The number of nitrogens with one attached hydrogen (secondary N) is 1. The molecule has 0 fully saturated rings. The molecular weight excluding hydrogens is 158 g/mol. The van der Waals surface area contributed by atoms with E-state index in [1.165, 1.54) is 12.8 Å². The molecule has 0 aliphatic heterocycles. The van der Waals surface area contributed by atoms with Crippen LogP contribution in [-0.4, -0.2) is 13.1 Å². The van der Waals surface area contributed by atoms with Crippen molar-refractivity contribution in [3.05, 3.63) is 0 Å². The van der Waals surface area contributed by atoms with Crippen LogP contribution >= 0.6 is 0 Å². The van der Waals surface area contributed by atoms with Crippen LogP contribution < -0.4 is 5.32 Å². The Morgan fingerprint density at radius 3 is 1.92 bits per heavy atom. The van der Waals surface area contributed by atoms with E-state index >= 15 is 0 Å². The topological polar surface area (TPSA) is 12.0 Å². The maximum atomic E-state index is 3.52. The van der Waals surface area contributed by atoms with Crippen LogP contribution in [0.15, 0.2) is 0 Å². The molecule has 1 heteroatoms. The van der Waals surface area contributed by atoms with E-state index in [9.17, 15) is 0 Å². The molecule has 1 N–H and O–H groups in total. The summed E-state index contributed by atoms with van der Waals surface area (Å²) in [5.41, 5.74) is 0.918. The van der Waals surface area contributed by atoms with Crippen LogP contribution in [0.5, 0.6) is 0 Å². The van der Waals surface area contributed by atoms with E-state index in [1.54, 1.807) is 0 Å². The summed E-state index contributed by atoms with van der Waals surface area (Å²) in [5, 5.41) is 3.52. The third kappa shape index (κ3) is 8.29. The Morgan fingerprint density at radius 1 is 1.00 bits per heavy atom. The second kappa shape index (κ2) is 4.99. The minimum atomic E-state index is 0.413. The largest absolute Gasteiger partial charge is 0.316 e. The van der Waals surface area contributed by atoms with Crippen molar-refractivity contribution in [2.24, 2.45) is 10.8 Å². The van der Waals surface area contributed by atoms with Crippen molar-refractivity contribution >= 4 is 0 Å². The van der Waals surface area contributed by atoms with Crippen LogP contribution in [0.4, 0.5) is 0 Å². The van der Waals surface area contributed by atoms with Crippen molar-refractivity contribution in [3.63, 3.8) is 0 Å². The highest BCUT2D eigenvalue weighted by Crippen LogP contribution is 2.23. The lowest BCUT2D eigenvalue weighted by atomic mass is 9.86. The zero-order chi connectivity index (χ0) is 10.5. The lowest BCUT2D eigenvalue weighted by molar-refractivity contribution is 0.300. The molecule has 1 nitrogen and oxygen atoms in total. The van der Waals surface area contributed by atoms with Gasteiger partial charge in [0.05, 0.1) is 0 Å². The highest BCUT2D eigenvalue weighted by atomic mass is 14.9. The Kier molecular flexibility index (Phi) is 4.98. The van der Waals surface area contributed by atoms with Crippen LogP contribution in [0.25, 0.3) is 0 Å². The highest BCUT2D eigenvalue weighted by Gasteiger charge is 2.15. The molecule has 0 aromatic heterocycles. The fourth-order valence-electron chi connectivity index (χ4n) is 1.07. The first kappa shape index (κ1) is 13.0. The molecule has 0 saturated carbocycles. The molecular formula is C12H27N. The zero-order valence-corrected chi connectivity index (χ0v) is 10.3. The van der Waals surface area contributed by atoms with Gasteiger partial charge < -0.3 is 5.32 Å². The molecule has 0 spiro atoms. The van der Waals surface area contributed by atoms with Crippen molar-refractivity contribution in [1.29, 1.82) is 0 Å². The van der Waals surface area contributed by atoms with Crippen molar-refractivity contribution < 1.29 is 0 Å². The molecule has 13 heavy (non-hydrogen) atoms. The Hall–Kier alpha value is -0.0400. The van der Waals surface area contributed by atoms with E-state index in [2.05, 4.69) is 46.9 Å². The SMILES string of the molecule is CCC(C)(C)CCNCC(C)(C)C. The van der Waals surface area contributed by atoms with E-state index < -0.39 is 0 Å². The average molecular weight is 185 g/mol. The molecule has 0 rings (SSSR count). The summed E-state index contributed by atoms with van der Waals surface area (Å²) in [6, 6.07) is 0. The Bertz CT molecular complexity index is 131. The summed E-state index contributed by atoms with van der Waals surface area (Å²) in [5.74, 6) is 0. The Balaban J connectivity index is 3.47. The van der Waals surface area contributed by atoms with Gasteiger partial charge in [-0.15, -0.1) is 0 Å². The number of hydrogen-bond donors (Lipinski definition) is 1. The number of hydrogen-bond acceptors (Lipinski definition) is 1. The standard InChI is InChI=1S/C12H27N/c1-7-12(5,6)8-9-13-10-11(2,3)4/h13H,7-10H2,1-6H3. The van der Waals surface area contributed by atoms with E-state index in [-0.39, 0.29) is 0 Å². The van der Waals surface area contributed by atoms with E-state index in [0.717, 1.165) is 13.1 Å². The second-order valence-corrected chi connectivity index (χ2v) is 6.01. The van der Waals surface area contributed by atoms with Crippen LogP contribution in [-0.2, 0) is 0 Å². The maximum absolute atomic E-state index is 3.52. The van der Waals surface area contributed by atoms with Gasteiger partial charge in [0.25, 0.3) is 0 Å². The quantitative estimate of drug-likeness (QED) is 0.647. The fourth-order valence-corrected chi connectivity index (χ4v) is 1.07. The normalized spacial score (nSPS) is 13.4. The zero-order valence-electron chi connectivity index (χ0n) is 10.3. The van der Waals surface area contributed by atoms with Gasteiger partial charge in [0.15, 0.2) is 0 Å². The fraction of sp³-hybridized carbons (Fsp3) is 1.00. The lowest BCUT2D eigenvalue weighted by Crippen LogP contribution is -2.29. The van der Waals surface area contributed by atoms with Gasteiger partial charge in [-0.2, -0.15) is 0 Å². The predicted octanol–water partition coefficient (Wildman–Crippen LogP) is 3.45. The summed E-state index contributed by atoms with van der Waals surface area (Å²) >= 11 is 0. The van der Waals surface area contributed by atoms with Crippen LogP contribution in [0, 0.1) is 10.8 Å². The third-order valence-electron chi connectivity index (χ3n) is 2.59. The minimum absolute atomic E-state index is 0.413. The van der Waals surface area contributed by atoms with Crippen LogP contribution in [0.1, 0.15) is 54.4 Å². The van der Waals surface area contributed by atoms with E-state index in [4.69, 9.17) is 0 Å². The molecule has 0 amide bonds. The van der Waals surface area contributed by atoms with Crippen LogP contribution in [0.3, 0.4) is 0 Å². The molecule has 0 heterocycles. The second-order valence-electron chi connectivity index (χ2n) is 6.01. The highest BCUT2D eigenvalue weighted by molar-refractivity contribution is 4.70. The molecule has 0 aromatic carbocycles. The summed E-state index contributed by atoms with van der Waals surface area (Å²) in [4.78, 5) is 0. The van der Waals surface area contributed by atoms with Crippen molar-refractivity contribution in [2.45, 2.75) is 54.4 Å². The van der Waals surface area contributed by atoms with Gasteiger partial charge in [-0.3, -0.25) is 0 Å². The van der Waals surface area contributed by atoms with Gasteiger partial charge in [-0.05, 0) is 30.3 Å². The molecule has 80 valence electrons. The number of rotatable bonds is 5. The predicted molar refractivity (Wildman–Crippen MR) is 61.0 cm³/mol. The summed E-state index contributed by atoms with van der Waals surface area (Å²) in [7, 11) is 0. The van der Waals surface area contributed by atoms with Crippen LogP contribution in [0.2, 0.25) is 0 Å². The average Bonchev–Trinajstić information content (AvgIpc) is 1.97. The molecule has 0 bridgehead atoms. The summed E-state index contributed by atoms with van der Waals surface area (Å²) in [6.07, 6.45) is 2.55. The smallest absolute Gasteiger partial charge is 0.0000122 e. The van der Waals surface area contributed by atoms with Gasteiger partial charge in [0.1, 0.15) is 0 Å². The van der Waals surface area contributed by atoms with Crippen molar-refractivity contribution in [2.75, 3.05) is 13.1 Å². The van der Waals surface area contributed by atoms with Crippen molar-refractivity contribution in [1.82, 2.24) is 5.32 Å². The van der Waals surface area contributed by atoms with Crippen molar-refractivity contribution in [3.8, 4) is 0 Å². The molecule has 0 saturated heterocycles. The Labute approximate surface area is 84.3 Å². The lowest BCUT2D eigenvalue weighted by Gasteiger charge is -2.24. The Morgan fingerprint density at radius 2 is 1.54 bits per heavy atom. The molecule has 0 unspecified atom stereocenters. The molecule has 0 aliphatic carbocycles. The third-order valence-corrected chi connectivity index (χ3v) is 2.59. The molecule has 0 aliphatic rings. The van der Waals surface area contributed by atoms with Gasteiger partial charge in [0, 0.05) is 0 Å². The van der Waals surface area contributed by atoms with Gasteiger partial charge in [-0.25, -0.2) is 0 Å². The summed E-state index contributed by atoms with van der Waals surface area (Å²) in [6.45, 7) is 16.0. The van der Waals surface area contributed by atoms with Gasteiger partial charge in [0.2, 0.25) is 0 Å². The minimum Gasteiger partial charge on any atom is -0.316 e.